The summed E-state index contributed by atoms with van der Waals surface area (Å²) in [6.45, 7) is 5.29. The van der Waals surface area contributed by atoms with Crippen LogP contribution in [0.1, 0.15) is 40.0 Å². The van der Waals surface area contributed by atoms with Gasteiger partial charge in [0.1, 0.15) is 11.6 Å². The molecule has 0 aromatic rings. The Labute approximate surface area is 102 Å². The predicted octanol–water partition coefficient (Wildman–Crippen LogP) is 1.25. The molecule has 2 amide bonds. The molecule has 1 heterocycles. The molecule has 98 valence electrons. The van der Waals surface area contributed by atoms with Gasteiger partial charge < -0.3 is 10.2 Å². The highest BCUT2D eigenvalue weighted by atomic mass is 19.1. The highest BCUT2D eigenvalue weighted by molar-refractivity contribution is 5.99. The first-order valence-electron chi connectivity index (χ1n) is 6.19. The maximum absolute atomic E-state index is 12.3. The molecular weight excluding hydrogens is 223 g/mol. The van der Waals surface area contributed by atoms with Crippen LogP contribution in [0, 0.1) is 0 Å². The molecule has 0 aromatic carbocycles. The van der Waals surface area contributed by atoms with E-state index in [0.717, 1.165) is 0 Å². The Kier molecular flexibility index (Phi) is 4.48. The summed E-state index contributed by atoms with van der Waals surface area (Å²) < 4.78 is 12.2. The van der Waals surface area contributed by atoms with Crippen LogP contribution in [0.2, 0.25) is 0 Å². The van der Waals surface area contributed by atoms with E-state index < -0.39 is 18.3 Å². The van der Waals surface area contributed by atoms with Gasteiger partial charge in [-0.05, 0) is 26.2 Å². The van der Waals surface area contributed by atoms with Crippen molar-refractivity contribution in [2.45, 2.75) is 51.6 Å². The lowest BCUT2D eigenvalue weighted by Gasteiger charge is -2.43. The number of amides is 2. The lowest BCUT2D eigenvalue weighted by molar-refractivity contribution is -0.154. The van der Waals surface area contributed by atoms with Crippen LogP contribution in [0.25, 0.3) is 0 Å². The van der Waals surface area contributed by atoms with Gasteiger partial charge in [-0.2, -0.15) is 0 Å². The Morgan fingerprint density at radius 1 is 1.41 bits per heavy atom. The van der Waals surface area contributed by atoms with Gasteiger partial charge in [-0.1, -0.05) is 13.8 Å². The number of nitrogens with zero attached hydrogens (tertiary/aromatic N) is 1. The topological polar surface area (TPSA) is 49.4 Å². The molecule has 0 radical (unpaired) electrons. The van der Waals surface area contributed by atoms with Crippen LogP contribution in [0.15, 0.2) is 0 Å². The summed E-state index contributed by atoms with van der Waals surface area (Å²) in [4.78, 5) is 25.7. The molecule has 2 atom stereocenters. The monoisotopic (exact) mass is 244 g/mol. The Morgan fingerprint density at radius 2 is 2.06 bits per heavy atom. The maximum Gasteiger partial charge on any atom is 0.248 e. The smallest absolute Gasteiger partial charge is 0.248 e. The number of carbonyl (C=O) groups excluding carboxylic acids is 2. The molecule has 5 heteroatoms. The molecule has 1 rings (SSSR count). The summed E-state index contributed by atoms with van der Waals surface area (Å²) in [5.74, 6) is -0.227. The van der Waals surface area contributed by atoms with Gasteiger partial charge in [-0.25, -0.2) is 0 Å². The first-order valence-corrected chi connectivity index (χ1v) is 6.19. The minimum atomic E-state index is -0.834. The molecule has 4 nitrogen and oxygen atoms in total. The molecule has 1 aliphatic rings. The zero-order chi connectivity index (χ0) is 13.1. The Hall–Kier alpha value is -1.13. The molecule has 0 spiro atoms. The van der Waals surface area contributed by atoms with Gasteiger partial charge in [-0.15, -0.1) is 0 Å². The molecule has 0 saturated carbocycles. The number of halogens is 1. The molecular formula is C12H21FN2O2. The van der Waals surface area contributed by atoms with Crippen molar-refractivity contribution in [1.29, 1.82) is 0 Å². The third-order valence-corrected chi connectivity index (χ3v) is 3.44. The van der Waals surface area contributed by atoms with Crippen molar-refractivity contribution in [3.63, 3.8) is 0 Å². The number of alkyl halides is 1. The van der Waals surface area contributed by atoms with Gasteiger partial charge in [0, 0.05) is 6.54 Å². The second-order valence-corrected chi connectivity index (χ2v) is 4.64. The van der Waals surface area contributed by atoms with Crippen LogP contribution in [-0.2, 0) is 9.59 Å². The fourth-order valence-corrected chi connectivity index (χ4v) is 2.14. The third-order valence-electron chi connectivity index (χ3n) is 3.44. The quantitative estimate of drug-likeness (QED) is 0.791. The molecule has 0 aromatic heterocycles. The summed E-state index contributed by atoms with van der Waals surface area (Å²) in [7, 11) is 0. The summed E-state index contributed by atoms with van der Waals surface area (Å²) >= 11 is 0. The molecule has 1 aliphatic heterocycles. The molecule has 17 heavy (non-hydrogen) atoms. The Balaban J connectivity index is 2.92. The lowest BCUT2D eigenvalue weighted by Crippen LogP contribution is -2.69. The number of hydrogen-bond acceptors (Lipinski definition) is 2. The van der Waals surface area contributed by atoms with E-state index in [4.69, 9.17) is 0 Å². The first-order chi connectivity index (χ1) is 8.00. The molecule has 1 N–H and O–H groups in total. The minimum Gasteiger partial charge on any atom is -0.340 e. The zero-order valence-corrected chi connectivity index (χ0v) is 10.8. The van der Waals surface area contributed by atoms with Crippen molar-refractivity contribution in [3.05, 3.63) is 0 Å². The van der Waals surface area contributed by atoms with Crippen LogP contribution in [0.5, 0.6) is 0 Å². The average Bonchev–Trinajstić information content (AvgIpc) is 2.31. The lowest BCUT2D eigenvalue weighted by atomic mass is 9.91. The number of nitrogens with one attached hydrogen (secondary N) is 1. The van der Waals surface area contributed by atoms with Crippen molar-refractivity contribution in [2.75, 3.05) is 13.2 Å². The van der Waals surface area contributed by atoms with Crippen LogP contribution in [0.4, 0.5) is 4.39 Å². The second kappa shape index (κ2) is 5.47. The van der Waals surface area contributed by atoms with Gasteiger partial charge >= 0.3 is 0 Å². The van der Waals surface area contributed by atoms with E-state index in [1.807, 2.05) is 13.8 Å². The fraction of sp³-hybridized carbons (Fsp3) is 0.833. The molecule has 0 aliphatic carbocycles. The number of piperazine rings is 1. The molecule has 1 saturated heterocycles. The SMILES string of the molecule is CCC1C(=O)NC(C)(CC)C(=O)N1CCCF. The summed E-state index contributed by atoms with van der Waals surface area (Å²) in [5.41, 5.74) is -0.834. The molecule has 2 unspecified atom stereocenters. The van der Waals surface area contributed by atoms with Gasteiger partial charge in [0.25, 0.3) is 0 Å². The highest BCUT2D eigenvalue weighted by Crippen LogP contribution is 2.23. The van der Waals surface area contributed by atoms with Crippen molar-refractivity contribution in [1.82, 2.24) is 10.2 Å². The van der Waals surface area contributed by atoms with Gasteiger partial charge in [0.05, 0.1) is 6.67 Å². The normalized spacial score (nSPS) is 29.4. The van der Waals surface area contributed by atoms with Crippen molar-refractivity contribution in [3.8, 4) is 0 Å². The largest absolute Gasteiger partial charge is 0.340 e. The Bertz CT molecular complexity index is 309. The second-order valence-electron chi connectivity index (χ2n) is 4.64. The maximum atomic E-state index is 12.3. The van der Waals surface area contributed by atoms with E-state index in [0.29, 0.717) is 19.4 Å². The van der Waals surface area contributed by atoms with Crippen LogP contribution in [-0.4, -0.2) is 41.5 Å². The number of rotatable bonds is 5. The summed E-state index contributed by atoms with van der Waals surface area (Å²) in [5, 5.41) is 2.78. The van der Waals surface area contributed by atoms with Gasteiger partial charge in [0.2, 0.25) is 11.8 Å². The first kappa shape index (κ1) is 13.9. The van der Waals surface area contributed by atoms with Crippen LogP contribution in [0.3, 0.4) is 0 Å². The van der Waals surface area contributed by atoms with E-state index in [2.05, 4.69) is 5.32 Å². The van der Waals surface area contributed by atoms with E-state index in [1.165, 1.54) is 4.90 Å². The molecule has 1 fully saturated rings. The average molecular weight is 244 g/mol. The van der Waals surface area contributed by atoms with Crippen molar-refractivity contribution in [2.24, 2.45) is 0 Å². The summed E-state index contributed by atoms with van der Waals surface area (Å²) in [6.07, 6.45) is 1.39. The van der Waals surface area contributed by atoms with Gasteiger partial charge in [-0.3, -0.25) is 14.0 Å². The Morgan fingerprint density at radius 3 is 2.53 bits per heavy atom. The van der Waals surface area contributed by atoms with Crippen LogP contribution >= 0.6 is 0 Å². The fourth-order valence-electron chi connectivity index (χ4n) is 2.14. The molecule has 0 bridgehead atoms. The predicted molar refractivity (Wildman–Crippen MR) is 63.2 cm³/mol. The van der Waals surface area contributed by atoms with Crippen molar-refractivity contribution >= 4 is 11.8 Å². The van der Waals surface area contributed by atoms with E-state index >= 15 is 0 Å². The van der Waals surface area contributed by atoms with E-state index in [1.54, 1.807) is 6.92 Å². The zero-order valence-electron chi connectivity index (χ0n) is 10.8. The van der Waals surface area contributed by atoms with Gasteiger partial charge in [0.15, 0.2) is 0 Å². The van der Waals surface area contributed by atoms with E-state index in [-0.39, 0.29) is 18.2 Å². The number of hydrogen-bond donors (Lipinski definition) is 1. The minimum absolute atomic E-state index is 0.0973. The highest BCUT2D eigenvalue weighted by Gasteiger charge is 2.45. The number of carbonyl (C=O) groups is 2. The third kappa shape index (κ3) is 2.58. The van der Waals surface area contributed by atoms with E-state index in [9.17, 15) is 14.0 Å². The summed E-state index contributed by atoms with van der Waals surface area (Å²) in [6, 6.07) is -0.450. The van der Waals surface area contributed by atoms with Crippen molar-refractivity contribution < 1.29 is 14.0 Å². The standard InChI is InChI=1S/C12H21FN2O2/c1-4-9-10(16)14-12(3,5-2)11(17)15(9)8-6-7-13/h9H,4-8H2,1-3H3,(H,14,16). The van der Waals surface area contributed by atoms with Crippen LogP contribution < -0.4 is 5.32 Å².